The molecular weight excluding hydrogens is 284 g/mol. The summed E-state index contributed by atoms with van der Waals surface area (Å²) in [6.45, 7) is 0. The van der Waals surface area contributed by atoms with Crippen molar-refractivity contribution in [1.29, 1.82) is 15.8 Å². The molecule has 2 aliphatic rings. The van der Waals surface area contributed by atoms with Crippen molar-refractivity contribution in [2.45, 2.75) is 25.2 Å². The Kier molecular flexibility index (Phi) is 3.65. The molecule has 0 amide bonds. The average molecular weight is 300 g/mol. The molecule has 1 aromatic carbocycles. The molecule has 0 aromatic heterocycles. The molecule has 4 nitrogen and oxygen atoms in total. The zero-order valence-electron chi connectivity index (χ0n) is 12.7. The molecule has 4 heteroatoms. The molecule has 2 N–H and O–H groups in total. The number of nitrogens with two attached hydrogens (primary N) is 1. The van der Waals surface area contributed by atoms with Crippen LogP contribution in [0, 0.1) is 45.3 Å². The third kappa shape index (κ3) is 2.02. The standard InChI is InChI=1S/C19H16N4/c20-10-16-14-8-4-5-9-15(14)17(13-6-2-1-3-7-13)19(11-21,12-22)18(16)23/h1-3,6-8,15,17H,4-5,9,23H2. The van der Waals surface area contributed by atoms with E-state index in [1.165, 1.54) is 0 Å². The SMILES string of the molecule is N#CC1=C(N)C(C#N)(C#N)C(c2ccccc2)C2CCCC=C12. The maximum atomic E-state index is 9.83. The van der Waals surface area contributed by atoms with E-state index in [9.17, 15) is 15.8 Å². The van der Waals surface area contributed by atoms with Crippen LogP contribution in [-0.2, 0) is 0 Å². The van der Waals surface area contributed by atoms with Crippen LogP contribution in [0.1, 0.15) is 30.7 Å². The lowest BCUT2D eigenvalue weighted by Gasteiger charge is -2.43. The first-order chi connectivity index (χ1) is 11.2. The van der Waals surface area contributed by atoms with Gasteiger partial charge in [-0.2, -0.15) is 15.8 Å². The van der Waals surface area contributed by atoms with E-state index < -0.39 is 5.41 Å². The summed E-state index contributed by atoms with van der Waals surface area (Å²) in [5, 5.41) is 29.2. The Hall–Kier alpha value is -3.03. The number of nitriles is 3. The third-order valence-electron chi connectivity index (χ3n) is 4.96. The number of rotatable bonds is 1. The highest BCUT2D eigenvalue weighted by Gasteiger charge is 2.53. The fraction of sp³-hybridized carbons (Fsp3) is 0.316. The predicted octanol–water partition coefficient (Wildman–Crippen LogP) is 3.28. The second-order valence-corrected chi connectivity index (χ2v) is 6.02. The Balaban J connectivity index is 2.33. The van der Waals surface area contributed by atoms with Crippen molar-refractivity contribution in [3.05, 3.63) is 58.8 Å². The second-order valence-electron chi connectivity index (χ2n) is 6.02. The van der Waals surface area contributed by atoms with E-state index in [-0.39, 0.29) is 17.5 Å². The van der Waals surface area contributed by atoms with Gasteiger partial charge in [-0.25, -0.2) is 0 Å². The van der Waals surface area contributed by atoms with Gasteiger partial charge in [0.05, 0.1) is 23.4 Å². The molecule has 0 heterocycles. The normalized spacial score (nSPS) is 25.3. The molecule has 1 aromatic rings. The first-order valence-electron chi connectivity index (χ1n) is 7.67. The molecule has 0 radical (unpaired) electrons. The molecule has 2 unspecified atom stereocenters. The van der Waals surface area contributed by atoms with E-state index in [2.05, 4.69) is 18.2 Å². The zero-order valence-corrected chi connectivity index (χ0v) is 12.7. The largest absolute Gasteiger partial charge is 0.399 e. The maximum absolute atomic E-state index is 9.83. The van der Waals surface area contributed by atoms with Crippen molar-refractivity contribution in [2.75, 3.05) is 0 Å². The fourth-order valence-electron chi connectivity index (χ4n) is 3.91. The van der Waals surface area contributed by atoms with Crippen LogP contribution in [0.25, 0.3) is 0 Å². The molecule has 0 fully saturated rings. The summed E-state index contributed by atoms with van der Waals surface area (Å²) >= 11 is 0. The van der Waals surface area contributed by atoms with Crippen LogP contribution >= 0.6 is 0 Å². The van der Waals surface area contributed by atoms with Crippen LogP contribution in [-0.4, -0.2) is 0 Å². The number of hydrogen-bond acceptors (Lipinski definition) is 4. The number of fused-ring (bicyclic) bond motifs is 1. The van der Waals surface area contributed by atoms with Gasteiger partial charge in [-0.1, -0.05) is 36.4 Å². The van der Waals surface area contributed by atoms with Gasteiger partial charge in [-0.05, 0) is 36.3 Å². The minimum Gasteiger partial charge on any atom is -0.399 e. The molecule has 0 bridgehead atoms. The number of benzene rings is 1. The Morgan fingerprint density at radius 2 is 1.78 bits per heavy atom. The average Bonchev–Trinajstić information content (AvgIpc) is 2.61. The van der Waals surface area contributed by atoms with E-state index in [1.54, 1.807) is 0 Å². The lowest BCUT2D eigenvalue weighted by atomic mass is 9.57. The lowest BCUT2D eigenvalue weighted by molar-refractivity contribution is 0.317. The monoisotopic (exact) mass is 300 g/mol. The molecule has 23 heavy (non-hydrogen) atoms. The van der Waals surface area contributed by atoms with E-state index in [1.807, 2.05) is 36.4 Å². The van der Waals surface area contributed by atoms with Crippen molar-refractivity contribution in [3.8, 4) is 18.2 Å². The fourth-order valence-corrected chi connectivity index (χ4v) is 3.91. The first kappa shape index (κ1) is 14.9. The molecule has 0 saturated carbocycles. The van der Waals surface area contributed by atoms with Gasteiger partial charge in [0.25, 0.3) is 0 Å². The van der Waals surface area contributed by atoms with Crippen LogP contribution < -0.4 is 5.73 Å². The van der Waals surface area contributed by atoms with Crippen molar-refractivity contribution >= 4 is 0 Å². The molecule has 2 aliphatic carbocycles. The van der Waals surface area contributed by atoms with Gasteiger partial charge in [0.2, 0.25) is 0 Å². The van der Waals surface area contributed by atoms with Gasteiger partial charge in [-0.15, -0.1) is 0 Å². The molecule has 0 saturated heterocycles. The zero-order chi connectivity index (χ0) is 16.4. The molecular formula is C19H16N4. The highest BCUT2D eigenvalue weighted by molar-refractivity contribution is 5.59. The first-order valence-corrected chi connectivity index (χ1v) is 7.67. The Morgan fingerprint density at radius 1 is 1.09 bits per heavy atom. The summed E-state index contributed by atoms with van der Waals surface area (Å²) in [7, 11) is 0. The molecule has 0 spiro atoms. The summed E-state index contributed by atoms with van der Waals surface area (Å²) in [4.78, 5) is 0. The smallest absolute Gasteiger partial charge is 0.191 e. The summed E-state index contributed by atoms with van der Waals surface area (Å²) in [5.41, 5.74) is 6.96. The Bertz CT molecular complexity index is 798. The maximum Gasteiger partial charge on any atom is 0.191 e. The van der Waals surface area contributed by atoms with Crippen molar-refractivity contribution in [1.82, 2.24) is 0 Å². The summed E-state index contributed by atoms with van der Waals surface area (Å²) in [5.74, 6) is -0.366. The minimum absolute atomic E-state index is 0.0209. The van der Waals surface area contributed by atoms with E-state index in [0.29, 0.717) is 5.57 Å². The van der Waals surface area contributed by atoms with Gasteiger partial charge in [0.1, 0.15) is 6.07 Å². The number of hydrogen-bond donors (Lipinski definition) is 1. The van der Waals surface area contributed by atoms with Crippen LogP contribution in [0.3, 0.4) is 0 Å². The second kappa shape index (κ2) is 5.64. The molecule has 2 atom stereocenters. The van der Waals surface area contributed by atoms with Gasteiger partial charge < -0.3 is 5.73 Å². The van der Waals surface area contributed by atoms with Crippen LogP contribution in [0.15, 0.2) is 53.3 Å². The lowest BCUT2D eigenvalue weighted by Crippen LogP contribution is -2.42. The number of nitrogens with zero attached hydrogens (tertiary/aromatic N) is 3. The summed E-state index contributed by atoms with van der Waals surface area (Å²) in [6.07, 6.45) is 4.80. The predicted molar refractivity (Wildman–Crippen MR) is 85.1 cm³/mol. The number of allylic oxidation sites excluding steroid dienone is 4. The molecule has 0 aliphatic heterocycles. The molecule has 112 valence electrons. The Morgan fingerprint density at radius 3 is 2.39 bits per heavy atom. The highest BCUT2D eigenvalue weighted by atomic mass is 14.7. The van der Waals surface area contributed by atoms with Gasteiger partial charge in [-0.3, -0.25) is 0 Å². The van der Waals surface area contributed by atoms with Crippen molar-refractivity contribution < 1.29 is 0 Å². The highest BCUT2D eigenvalue weighted by Crippen LogP contribution is 2.55. The third-order valence-corrected chi connectivity index (χ3v) is 4.96. The van der Waals surface area contributed by atoms with Gasteiger partial charge in [0, 0.05) is 5.92 Å². The minimum atomic E-state index is -1.49. The summed E-state index contributed by atoms with van der Waals surface area (Å²) in [6, 6.07) is 16.0. The van der Waals surface area contributed by atoms with E-state index in [4.69, 9.17) is 5.73 Å². The van der Waals surface area contributed by atoms with Crippen LogP contribution in [0.2, 0.25) is 0 Å². The van der Waals surface area contributed by atoms with Crippen LogP contribution in [0.5, 0.6) is 0 Å². The van der Waals surface area contributed by atoms with Crippen molar-refractivity contribution in [2.24, 2.45) is 17.1 Å². The van der Waals surface area contributed by atoms with E-state index in [0.717, 1.165) is 30.4 Å². The quantitative estimate of drug-likeness (QED) is 0.860. The van der Waals surface area contributed by atoms with Crippen LogP contribution in [0.4, 0.5) is 0 Å². The Labute approximate surface area is 135 Å². The van der Waals surface area contributed by atoms with Gasteiger partial charge >= 0.3 is 0 Å². The molecule has 3 rings (SSSR count). The topological polar surface area (TPSA) is 97.4 Å². The summed E-state index contributed by atoms with van der Waals surface area (Å²) < 4.78 is 0. The van der Waals surface area contributed by atoms with Gasteiger partial charge in [0.15, 0.2) is 5.41 Å². The van der Waals surface area contributed by atoms with E-state index >= 15 is 0 Å². The van der Waals surface area contributed by atoms with Crippen molar-refractivity contribution in [3.63, 3.8) is 0 Å².